The molecule has 0 spiro atoms. The number of fused-ring (bicyclic) bond motifs is 1. The topological polar surface area (TPSA) is 81.2 Å². The number of hydrogen-bond acceptors (Lipinski definition) is 6. The van der Waals surface area contributed by atoms with E-state index >= 15 is 0 Å². The highest BCUT2D eigenvalue weighted by Gasteiger charge is 2.15. The van der Waals surface area contributed by atoms with Crippen molar-refractivity contribution in [1.82, 2.24) is 5.43 Å². The Morgan fingerprint density at radius 2 is 2.08 bits per heavy atom. The van der Waals surface area contributed by atoms with Crippen LogP contribution in [0.3, 0.4) is 0 Å². The molecule has 8 heteroatoms. The van der Waals surface area contributed by atoms with Gasteiger partial charge in [-0.15, -0.1) is 0 Å². The van der Waals surface area contributed by atoms with Gasteiger partial charge >= 0.3 is 0 Å². The van der Waals surface area contributed by atoms with E-state index in [0.29, 0.717) is 27.8 Å². The van der Waals surface area contributed by atoms with Gasteiger partial charge in [0.25, 0.3) is 5.91 Å². The second-order valence-electron chi connectivity index (χ2n) is 5.07. The van der Waals surface area contributed by atoms with Gasteiger partial charge < -0.3 is 19.5 Å². The predicted molar refractivity (Wildman–Crippen MR) is 94.8 cm³/mol. The van der Waals surface area contributed by atoms with E-state index in [0.717, 1.165) is 5.69 Å². The van der Waals surface area contributed by atoms with E-state index in [-0.39, 0.29) is 19.2 Å². The van der Waals surface area contributed by atoms with Gasteiger partial charge in [-0.1, -0.05) is 23.7 Å². The van der Waals surface area contributed by atoms with Crippen LogP contribution < -0.4 is 25.0 Å². The molecule has 0 fully saturated rings. The Kier molecular flexibility index (Phi) is 5.25. The van der Waals surface area contributed by atoms with E-state index in [1.165, 1.54) is 6.21 Å². The summed E-state index contributed by atoms with van der Waals surface area (Å²) in [6.07, 6.45) is 1.45. The van der Waals surface area contributed by atoms with Crippen molar-refractivity contribution in [3.8, 4) is 17.2 Å². The fraction of sp³-hybridized carbons (Fsp3) is 0.176. The predicted octanol–water partition coefficient (Wildman–Crippen LogP) is 2.64. The van der Waals surface area contributed by atoms with E-state index in [9.17, 15) is 4.79 Å². The third-order valence-corrected chi connectivity index (χ3v) is 3.76. The number of hydrazone groups is 1. The highest BCUT2D eigenvalue weighted by Crippen LogP contribution is 2.36. The Hall–Kier alpha value is -2.93. The maximum atomic E-state index is 11.9. The van der Waals surface area contributed by atoms with Crippen molar-refractivity contribution in [2.24, 2.45) is 5.10 Å². The van der Waals surface area contributed by atoms with Crippen molar-refractivity contribution in [2.75, 3.05) is 25.8 Å². The SMILES string of the molecule is COc1ccccc1NCC(=O)N/N=C/c1cc2c(cc1Cl)OCO2. The summed E-state index contributed by atoms with van der Waals surface area (Å²) in [5, 5.41) is 7.34. The van der Waals surface area contributed by atoms with Crippen LogP contribution in [0.2, 0.25) is 5.02 Å². The third kappa shape index (κ3) is 4.13. The van der Waals surface area contributed by atoms with Crippen LogP contribution in [0.25, 0.3) is 0 Å². The molecule has 1 aliphatic heterocycles. The minimum absolute atomic E-state index is 0.0482. The summed E-state index contributed by atoms with van der Waals surface area (Å²) in [6, 6.07) is 10.7. The average Bonchev–Trinajstić information content (AvgIpc) is 3.07. The first-order chi connectivity index (χ1) is 12.2. The molecular formula is C17H16ClN3O4. The molecule has 2 N–H and O–H groups in total. The van der Waals surface area contributed by atoms with Gasteiger partial charge in [0.05, 0.1) is 30.6 Å². The maximum absolute atomic E-state index is 11.9. The van der Waals surface area contributed by atoms with Gasteiger partial charge in [0.2, 0.25) is 6.79 Å². The van der Waals surface area contributed by atoms with Crippen LogP contribution >= 0.6 is 11.6 Å². The van der Waals surface area contributed by atoms with Gasteiger partial charge in [-0.25, -0.2) is 5.43 Å². The quantitative estimate of drug-likeness (QED) is 0.610. The second kappa shape index (κ2) is 7.76. The number of ether oxygens (including phenoxy) is 3. The summed E-state index contributed by atoms with van der Waals surface area (Å²) in [6.45, 7) is 0.212. The molecule has 0 atom stereocenters. The van der Waals surface area contributed by atoms with E-state index < -0.39 is 0 Å². The van der Waals surface area contributed by atoms with Crippen molar-refractivity contribution < 1.29 is 19.0 Å². The monoisotopic (exact) mass is 361 g/mol. The average molecular weight is 362 g/mol. The zero-order chi connectivity index (χ0) is 17.6. The number of halogens is 1. The molecule has 1 aliphatic rings. The lowest BCUT2D eigenvalue weighted by molar-refractivity contribution is -0.119. The molecule has 2 aromatic rings. The number of benzene rings is 2. The molecule has 25 heavy (non-hydrogen) atoms. The number of carbonyl (C=O) groups excluding carboxylic acids is 1. The first kappa shape index (κ1) is 16.9. The van der Waals surface area contributed by atoms with Crippen LogP contribution in [0.4, 0.5) is 5.69 Å². The minimum Gasteiger partial charge on any atom is -0.495 e. The van der Waals surface area contributed by atoms with Crippen LogP contribution in [-0.2, 0) is 4.79 Å². The van der Waals surface area contributed by atoms with Gasteiger partial charge in [-0.3, -0.25) is 4.79 Å². The fourth-order valence-electron chi connectivity index (χ4n) is 2.21. The number of methoxy groups -OCH3 is 1. The summed E-state index contributed by atoms with van der Waals surface area (Å²) in [5.41, 5.74) is 3.77. The summed E-state index contributed by atoms with van der Waals surface area (Å²) in [4.78, 5) is 11.9. The molecule has 1 amide bonds. The van der Waals surface area contributed by atoms with E-state index in [1.54, 1.807) is 25.3 Å². The summed E-state index contributed by atoms with van der Waals surface area (Å²) < 4.78 is 15.7. The lowest BCUT2D eigenvalue weighted by atomic mass is 10.2. The van der Waals surface area contributed by atoms with Crippen molar-refractivity contribution >= 4 is 29.4 Å². The molecule has 0 aromatic heterocycles. The van der Waals surface area contributed by atoms with Gasteiger partial charge in [0.1, 0.15) is 5.75 Å². The van der Waals surface area contributed by atoms with Crippen LogP contribution in [0.5, 0.6) is 17.2 Å². The van der Waals surface area contributed by atoms with Gasteiger partial charge in [-0.2, -0.15) is 5.10 Å². The Labute approximate surface area is 149 Å². The Balaban J connectivity index is 1.55. The fourth-order valence-corrected chi connectivity index (χ4v) is 2.41. The number of nitrogens with zero attached hydrogens (tertiary/aromatic N) is 1. The molecule has 2 aromatic carbocycles. The molecule has 0 aliphatic carbocycles. The summed E-state index contributed by atoms with van der Waals surface area (Å²) in [7, 11) is 1.57. The van der Waals surface area contributed by atoms with Crippen LogP contribution in [0, 0.1) is 0 Å². The zero-order valence-electron chi connectivity index (χ0n) is 13.4. The highest BCUT2D eigenvalue weighted by molar-refractivity contribution is 6.33. The number of nitrogens with one attached hydrogen (secondary N) is 2. The Morgan fingerprint density at radius 1 is 1.32 bits per heavy atom. The summed E-state index contributed by atoms with van der Waals surface area (Å²) >= 11 is 6.13. The molecule has 1 heterocycles. The molecule has 0 radical (unpaired) electrons. The molecular weight excluding hydrogens is 346 g/mol. The lowest BCUT2D eigenvalue weighted by Gasteiger charge is -2.09. The second-order valence-corrected chi connectivity index (χ2v) is 5.48. The molecule has 0 unspecified atom stereocenters. The highest BCUT2D eigenvalue weighted by atomic mass is 35.5. The first-order valence-corrected chi connectivity index (χ1v) is 7.83. The molecule has 130 valence electrons. The number of para-hydroxylation sites is 2. The first-order valence-electron chi connectivity index (χ1n) is 7.45. The molecule has 0 saturated carbocycles. The van der Waals surface area contributed by atoms with Gasteiger partial charge in [-0.05, 0) is 18.2 Å². The van der Waals surface area contributed by atoms with Crippen LogP contribution in [-0.4, -0.2) is 32.6 Å². The molecule has 0 bridgehead atoms. The Morgan fingerprint density at radius 3 is 2.88 bits per heavy atom. The smallest absolute Gasteiger partial charge is 0.259 e. The molecule has 3 rings (SSSR count). The number of anilines is 1. The van der Waals surface area contributed by atoms with E-state index in [1.807, 2.05) is 18.2 Å². The van der Waals surface area contributed by atoms with Crippen LogP contribution in [0.15, 0.2) is 41.5 Å². The zero-order valence-corrected chi connectivity index (χ0v) is 14.2. The third-order valence-electron chi connectivity index (χ3n) is 3.43. The standard InChI is InChI=1S/C17H16ClN3O4/c1-23-14-5-3-2-4-13(14)19-9-17(22)21-20-8-11-6-15-16(7-12(11)18)25-10-24-15/h2-8,19H,9-10H2,1H3,(H,21,22)/b20-8+. The normalized spacial score (nSPS) is 12.2. The molecule has 0 saturated heterocycles. The minimum atomic E-state index is -0.306. The van der Waals surface area contributed by atoms with Crippen molar-refractivity contribution in [2.45, 2.75) is 0 Å². The summed E-state index contributed by atoms with van der Waals surface area (Å²) in [5.74, 6) is 1.53. The van der Waals surface area contributed by atoms with Crippen molar-refractivity contribution in [1.29, 1.82) is 0 Å². The van der Waals surface area contributed by atoms with Crippen molar-refractivity contribution in [3.63, 3.8) is 0 Å². The van der Waals surface area contributed by atoms with Crippen LogP contribution in [0.1, 0.15) is 5.56 Å². The lowest BCUT2D eigenvalue weighted by Crippen LogP contribution is -2.26. The van der Waals surface area contributed by atoms with Gasteiger partial charge in [0.15, 0.2) is 11.5 Å². The van der Waals surface area contributed by atoms with Crippen molar-refractivity contribution in [3.05, 3.63) is 47.0 Å². The molecule has 7 nitrogen and oxygen atoms in total. The van der Waals surface area contributed by atoms with E-state index in [2.05, 4.69) is 15.8 Å². The van der Waals surface area contributed by atoms with E-state index in [4.69, 9.17) is 25.8 Å². The number of amides is 1. The number of carbonyl (C=O) groups is 1. The largest absolute Gasteiger partial charge is 0.495 e. The number of hydrogen-bond donors (Lipinski definition) is 2. The number of rotatable bonds is 6. The van der Waals surface area contributed by atoms with Gasteiger partial charge in [0, 0.05) is 11.6 Å². The Bertz CT molecular complexity index is 810. The maximum Gasteiger partial charge on any atom is 0.259 e.